The number of hydrogen-bond donors (Lipinski definition) is 2. The van der Waals surface area contributed by atoms with Crippen LogP contribution in [-0.4, -0.2) is 40.5 Å². The number of rotatable bonds is 10. The van der Waals surface area contributed by atoms with Gasteiger partial charge in [0.25, 0.3) is 21.8 Å². The van der Waals surface area contributed by atoms with E-state index in [1.54, 1.807) is 30.3 Å². The summed E-state index contributed by atoms with van der Waals surface area (Å²) < 4.78 is 52.0. The molecule has 0 bridgehead atoms. The van der Waals surface area contributed by atoms with Gasteiger partial charge in [0.1, 0.15) is 5.75 Å². The molecule has 0 saturated carbocycles. The van der Waals surface area contributed by atoms with Gasteiger partial charge in [-0.25, -0.2) is 12.8 Å². The first-order valence-corrected chi connectivity index (χ1v) is 12.0. The lowest BCUT2D eigenvalue weighted by Crippen LogP contribution is -2.44. The highest BCUT2D eigenvalue weighted by molar-refractivity contribution is 7.92. The second-order valence-corrected chi connectivity index (χ2v) is 9.11. The molecule has 0 saturated heterocycles. The Morgan fingerprint density at radius 3 is 2.39 bits per heavy atom. The van der Waals surface area contributed by atoms with Crippen molar-refractivity contribution >= 4 is 27.5 Å². The minimum Gasteiger partial charge on any atom is -0.495 e. The quantitative estimate of drug-likeness (QED) is 0.318. The van der Waals surface area contributed by atoms with Crippen LogP contribution in [0.15, 0.2) is 90.3 Å². The van der Waals surface area contributed by atoms with Crippen LogP contribution in [0.1, 0.15) is 10.4 Å². The maximum atomic E-state index is 13.6. The molecule has 188 valence electrons. The van der Waals surface area contributed by atoms with Gasteiger partial charge in [-0.15, -0.1) is 6.58 Å². The molecule has 0 atom stereocenters. The summed E-state index contributed by atoms with van der Waals surface area (Å²) in [5.74, 6) is -1.92. The fourth-order valence-corrected chi connectivity index (χ4v) is 4.64. The van der Waals surface area contributed by atoms with Gasteiger partial charge in [-0.2, -0.15) is 0 Å². The molecule has 3 aromatic rings. The molecule has 9 nitrogen and oxygen atoms in total. The summed E-state index contributed by atoms with van der Waals surface area (Å²) >= 11 is 0. The SMILES string of the molecule is C=CCN(c1ccccc1OC)S(=O)(=O)c1cccc(C(=O)NNC(=O)COc2ccccc2F)c1. The summed E-state index contributed by atoms with van der Waals surface area (Å²) in [6, 6.07) is 17.5. The molecular formula is C25H24FN3O6S. The number of carbonyl (C=O) groups is 2. The van der Waals surface area contributed by atoms with E-state index in [2.05, 4.69) is 17.4 Å². The lowest BCUT2D eigenvalue weighted by Gasteiger charge is -2.25. The minimum absolute atomic E-state index is 0.0232. The van der Waals surface area contributed by atoms with Crippen LogP contribution in [0.2, 0.25) is 0 Å². The number of nitrogens with zero attached hydrogens (tertiary/aromatic N) is 1. The van der Waals surface area contributed by atoms with Gasteiger partial charge < -0.3 is 9.47 Å². The topological polar surface area (TPSA) is 114 Å². The third-order valence-corrected chi connectivity index (χ3v) is 6.62. The highest BCUT2D eigenvalue weighted by Crippen LogP contribution is 2.32. The monoisotopic (exact) mass is 513 g/mol. The number of nitrogens with one attached hydrogen (secondary N) is 2. The van der Waals surface area contributed by atoms with Crippen molar-refractivity contribution in [1.82, 2.24) is 10.9 Å². The molecule has 0 aliphatic carbocycles. The summed E-state index contributed by atoms with van der Waals surface area (Å²) in [6.45, 7) is 3.04. The highest BCUT2D eigenvalue weighted by Gasteiger charge is 2.27. The first-order valence-electron chi connectivity index (χ1n) is 10.6. The van der Waals surface area contributed by atoms with Gasteiger partial charge in [0, 0.05) is 5.56 Å². The third kappa shape index (κ3) is 6.19. The number of ether oxygens (including phenoxy) is 2. The number of benzene rings is 3. The van der Waals surface area contributed by atoms with E-state index in [0.717, 1.165) is 4.31 Å². The molecule has 36 heavy (non-hydrogen) atoms. The lowest BCUT2D eigenvalue weighted by molar-refractivity contribution is -0.123. The molecule has 2 amide bonds. The highest BCUT2D eigenvalue weighted by atomic mass is 32.2. The van der Waals surface area contributed by atoms with Gasteiger partial charge >= 0.3 is 0 Å². The fourth-order valence-electron chi connectivity index (χ4n) is 3.14. The summed E-state index contributed by atoms with van der Waals surface area (Å²) in [6.07, 6.45) is 1.43. The smallest absolute Gasteiger partial charge is 0.276 e. The largest absolute Gasteiger partial charge is 0.495 e. The maximum Gasteiger partial charge on any atom is 0.276 e. The van der Waals surface area contributed by atoms with Crippen LogP contribution >= 0.6 is 0 Å². The zero-order chi connectivity index (χ0) is 26.1. The Balaban J connectivity index is 1.72. The van der Waals surface area contributed by atoms with Gasteiger partial charge in [0.15, 0.2) is 18.2 Å². The van der Waals surface area contributed by atoms with E-state index < -0.39 is 34.3 Å². The molecule has 3 rings (SSSR count). The van der Waals surface area contributed by atoms with Crippen LogP contribution in [0.4, 0.5) is 10.1 Å². The van der Waals surface area contributed by atoms with Crippen molar-refractivity contribution in [2.75, 3.05) is 24.6 Å². The fraction of sp³-hybridized carbons (Fsp3) is 0.120. The Morgan fingerprint density at radius 1 is 1.00 bits per heavy atom. The molecule has 0 aliphatic rings. The molecule has 0 spiro atoms. The van der Waals surface area contributed by atoms with E-state index in [0.29, 0.717) is 11.4 Å². The Labute approximate surface area is 208 Å². The van der Waals surface area contributed by atoms with Crippen LogP contribution in [0.25, 0.3) is 0 Å². The van der Waals surface area contributed by atoms with Crippen molar-refractivity contribution in [3.05, 3.63) is 96.8 Å². The average Bonchev–Trinajstić information content (AvgIpc) is 2.89. The average molecular weight is 514 g/mol. The Hall–Kier alpha value is -4.38. The molecule has 0 unspecified atom stereocenters. The van der Waals surface area contributed by atoms with E-state index in [-0.39, 0.29) is 22.8 Å². The van der Waals surface area contributed by atoms with E-state index in [1.165, 1.54) is 55.7 Å². The summed E-state index contributed by atoms with van der Waals surface area (Å²) in [5, 5.41) is 0. The maximum absolute atomic E-state index is 13.6. The Bertz CT molecular complexity index is 1360. The van der Waals surface area contributed by atoms with Gasteiger partial charge in [-0.05, 0) is 42.5 Å². The van der Waals surface area contributed by atoms with E-state index in [4.69, 9.17) is 9.47 Å². The summed E-state index contributed by atoms with van der Waals surface area (Å²) in [5.41, 5.74) is 4.59. The predicted molar refractivity (Wildman–Crippen MR) is 132 cm³/mol. The Kier molecular flexibility index (Phi) is 8.63. The van der Waals surface area contributed by atoms with E-state index in [9.17, 15) is 22.4 Å². The number of methoxy groups -OCH3 is 1. The molecule has 2 N–H and O–H groups in total. The van der Waals surface area contributed by atoms with Crippen LogP contribution in [0, 0.1) is 5.82 Å². The number of halogens is 1. The zero-order valence-electron chi connectivity index (χ0n) is 19.3. The van der Waals surface area contributed by atoms with Crippen LogP contribution in [-0.2, 0) is 14.8 Å². The number of sulfonamides is 1. The normalized spacial score (nSPS) is 10.7. The second-order valence-electron chi connectivity index (χ2n) is 7.25. The molecular weight excluding hydrogens is 489 g/mol. The number of carbonyl (C=O) groups excluding carboxylic acids is 2. The molecule has 11 heteroatoms. The molecule has 0 radical (unpaired) electrons. The van der Waals surface area contributed by atoms with E-state index >= 15 is 0 Å². The minimum atomic E-state index is -4.12. The van der Waals surface area contributed by atoms with Crippen molar-refractivity contribution in [3.63, 3.8) is 0 Å². The molecule has 0 aromatic heterocycles. The number of amides is 2. The van der Waals surface area contributed by atoms with Crippen molar-refractivity contribution in [1.29, 1.82) is 0 Å². The van der Waals surface area contributed by atoms with Crippen LogP contribution in [0.3, 0.4) is 0 Å². The summed E-state index contributed by atoms with van der Waals surface area (Å²) in [7, 11) is -2.69. The first kappa shape index (κ1) is 26.2. The van der Waals surface area contributed by atoms with Gasteiger partial charge in [-0.1, -0.05) is 36.4 Å². The van der Waals surface area contributed by atoms with Crippen molar-refractivity contribution in [2.24, 2.45) is 0 Å². The molecule has 0 heterocycles. The second kappa shape index (κ2) is 11.8. The number of para-hydroxylation sites is 3. The van der Waals surface area contributed by atoms with Gasteiger partial charge in [0.2, 0.25) is 0 Å². The number of hydrazine groups is 1. The van der Waals surface area contributed by atoms with Crippen molar-refractivity contribution < 1.29 is 31.9 Å². The predicted octanol–water partition coefficient (Wildman–Crippen LogP) is 3.06. The third-order valence-electron chi connectivity index (χ3n) is 4.84. The first-order chi connectivity index (χ1) is 17.3. The Morgan fingerprint density at radius 2 is 1.69 bits per heavy atom. The van der Waals surface area contributed by atoms with Gasteiger partial charge in [0.05, 0.1) is 24.2 Å². The van der Waals surface area contributed by atoms with Crippen molar-refractivity contribution in [2.45, 2.75) is 4.90 Å². The molecule has 0 fully saturated rings. The number of hydrogen-bond acceptors (Lipinski definition) is 6. The standard InChI is InChI=1S/C25H24FN3O6S/c1-3-15-29(21-12-5-7-14-23(21)34-2)36(32,33)19-10-8-9-18(16-19)25(31)28-27-24(30)17-35-22-13-6-4-11-20(22)26/h3-14,16H,1,15,17H2,2H3,(H,27,30)(H,28,31). The lowest BCUT2D eigenvalue weighted by atomic mass is 10.2. The molecule has 3 aromatic carbocycles. The van der Waals surface area contributed by atoms with E-state index in [1.807, 2.05) is 0 Å². The summed E-state index contributed by atoms with van der Waals surface area (Å²) in [4.78, 5) is 24.4. The number of anilines is 1. The molecule has 0 aliphatic heterocycles. The van der Waals surface area contributed by atoms with Crippen LogP contribution in [0.5, 0.6) is 11.5 Å². The zero-order valence-corrected chi connectivity index (χ0v) is 20.1. The van der Waals surface area contributed by atoms with Crippen molar-refractivity contribution in [3.8, 4) is 11.5 Å². The van der Waals surface area contributed by atoms with Crippen LogP contribution < -0.4 is 24.6 Å². The van der Waals surface area contributed by atoms with Gasteiger partial charge in [-0.3, -0.25) is 24.7 Å².